The lowest BCUT2D eigenvalue weighted by atomic mass is 10.3. The standard InChI is InChI=1S/C11H21N3O2S/c1-16-8-7-13-11(17)12-6-2-3-10(15)14-9-4-5-9/h9H,2-8H2,1H3,(H,14,15)(H2,12,13,17). The summed E-state index contributed by atoms with van der Waals surface area (Å²) >= 11 is 5.05. The third-order valence-corrected chi connectivity index (χ3v) is 2.69. The summed E-state index contributed by atoms with van der Waals surface area (Å²) in [6.45, 7) is 2.05. The zero-order chi connectivity index (χ0) is 12.5. The molecule has 0 bridgehead atoms. The van der Waals surface area contributed by atoms with Crippen molar-refractivity contribution in [2.24, 2.45) is 0 Å². The van der Waals surface area contributed by atoms with Gasteiger partial charge in [0.15, 0.2) is 5.11 Å². The van der Waals surface area contributed by atoms with E-state index in [1.54, 1.807) is 7.11 Å². The van der Waals surface area contributed by atoms with E-state index in [9.17, 15) is 4.79 Å². The topological polar surface area (TPSA) is 62.4 Å². The summed E-state index contributed by atoms with van der Waals surface area (Å²) in [5, 5.41) is 9.63. The molecular weight excluding hydrogens is 238 g/mol. The first kappa shape index (κ1) is 14.2. The van der Waals surface area contributed by atoms with Gasteiger partial charge in [-0.05, 0) is 31.5 Å². The summed E-state index contributed by atoms with van der Waals surface area (Å²) < 4.78 is 4.89. The first-order chi connectivity index (χ1) is 8.22. The Morgan fingerprint density at radius 3 is 2.71 bits per heavy atom. The van der Waals surface area contributed by atoms with E-state index in [1.165, 1.54) is 0 Å². The molecule has 98 valence electrons. The summed E-state index contributed by atoms with van der Waals surface area (Å²) in [4.78, 5) is 11.3. The molecule has 1 saturated carbocycles. The second-order valence-corrected chi connectivity index (χ2v) is 4.53. The van der Waals surface area contributed by atoms with Crippen molar-refractivity contribution in [2.75, 3.05) is 26.8 Å². The molecule has 1 amide bonds. The zero-order valence-electron chi connectivity index (χ0n) is 10.3. The molecule has 0 aromatic heterocycles. The molecule has 0 spiro atoms. The average Bonchev–Trinajstić information content (AvgIpc) is 3.09. The minimum absolute atomic E-state index is 0.146. The summed E-state index contributed by atoms with van der Waals surface area (Å²) in [6.07, 6.45) is 3.63. The van der Waals surface area contributed by atoms with E-state index in [-0.39, 0.29) is 5.91 Å². The Morgan fingerprint density at radius 1 is 1.35 bits per heavy atom. The highest BCUT2D eigenvalue weighted by Crippen LogP contribution is 2.18. The molecule has 5 nitrogen and oxygen atoms in total. The third kappa shape index (κ3) is 7.93. The fourth-order valence-corrected chi connectivity index (χ4v) is 1.51. The SMILES string of the molecule is COCCNC(=S)NCCCC(=O)NC1CC1. The Labute approximate surface area is 108 Å². The second-order valence-electron chi connectivity index (χ2n) is 4.12. The Kier molecular flexibility index (Phi) is 6.88. The molecular formula is C11H21N3O2S. The highest BCUT2D eigenvalue weighted by Gasteiger charge is 2.22. The van der Waals surface area contributed by atoms with Crippen LogP contribution >= 0.6 is 12.2 Å². The van der Waals surface area contributed by atoms with Crippen LogP contribution in [-0.2, 0) is 9.53 Å². The van der Waals surface area contributed by atoms with Gasteiger partial charge in [0.1, 0.15) is 0 Å². The van der Waals surface area contributed by atoms with Crippen molar-refractivity contribution in [3.63, 3.8) is 0 Å². The molecule has 0 aromatic carbocycles. The van der Waals surface area contributed by atoms with Gasteiger partial charge in [-0.25, -0.2) is 0 Å². The fourth-order valence-electron chi connectivity index (χ4n) is 1.31. The second kappa shape index (κ2) is 8.25. The minimum atomic E-state index is 0.146. The number of carbonyl (C=O) groups excluding carboxylic acids is 1. The number of nitrogens with one attached hydrogen (secondary N) is 3. The average molecular weight is 259 g/mol. The van der Waals surface area contributed by atoms with Crippen LogP contribution < -0.4 is 16.0 Å². The molecule has 0 heterocycles. The van der Waals surface area contributed by atoms with Gasteiger partial charge in [-0.15, -0.1) is 0 Å². The molecule has 0 atom stereocenters. The van der Waals surface area contributed by atoms with Crippen LogP contribution in [-0.4, -0.2) is 43.9 Å². The predicted octanol–water partition coefficient (Wildman–Crippen LogP) is 0.156. The Morgan fingerprint density at radius 2 is 2.06 bits per heavy atom. The lowest BCUT2D eigenvalue weighted by molar-refractivity contribution is -0.121. The number of methoxy groups -OCH3 is 1. The van der Waals surface area contributed by atoms with Gasteiger partial charge in [-0.1, -0.05) is 0 Å². The number of rotatable bonds is 8. The maximum absolute atomic E-state index is 11.3. The van der Waals surface area contributed by atoms with Crippen molar-refractivity contribution in [3.05, 3.63) is 0 Å². The zero-order valence-corrected chi connectivity index (χ0v) is 11.1. The van der Waals surface area contributed by atoms with Crippen LogP contribution in [0, 0.1) is 0 Å². The number of hydrogen-bond donors (Lipinski definition) is 3. The summed E-state index contributed by atoms with van der Waals surface area (Å²) in [7, 11) is 1.65. The summed E-state index contributed by atoms with van der Waals surface area (Å²) in [6, 6.07) is 0.451. The largest absolute Gasteiger partial charge is 0.383 e. The number of thiocarbonyl (C=S) groups is 1. The van der Waals surface area contributed by atoms with Gasteiger partial charge in [0.05, 0.1) is 6.61 Å². The predicted molar refractivity (Wildman–Crippen MR) is 70.9 cm³/mol. The van der Waals surface area contributed by atoms with E-state index in [4.69, 9.17) is 17.0 Å². The third-order valence-electron chi connectivity index (χ3n) is 2.40. The highest BCUT2D eigenvalue weighted by molar-refractivity contribution is 7.80. The minimum Gasteiger partial charge on any atom is -0.383 e. The van der Waals surface area contributed by atoms with Crippen molar-refractivity contribution in [1.29, 1.82) is 0 Å². The van der Waals surface area contributed by atoms with Gasteiger partial charge in [0.2, 0.25) is 5.91 Å². The van der Waals surface area contributed by atoms with Gasteiger partial charge in [-0.2, -0.15) is 0 Å². The summed E-state index contributed by atoms with van der Waals surface area (Å²) in [5.74, 6) is 0.146. The van der Waals surface area contributed by atoms with E-state index in [0.29, 0.717) is 30.7 Å². The van der Waals surface area contributed by atoms with E-state index in [2.05, 4.69) is 16.0 Å². The van der Waals surface area contributed by atoms with E-state index < -0.39 is 0 Å². The number of carbonyl (C=O) groups is 1. The van der Waals surface area contributed by atoms with E-state index >= 15 is 0 Å². The first-order valence-electron chi connectivity index (χ1n) is 6.02. The maximum Gasteiger partial charge on any atom is 0.220 e. The van der Waals surface area contributed by atoms with Gasteiger partial charge < -0.3 is 20.7 Å². The van der Waals surface area contributed by atoms with Crippen molar-refractivity contribution in [3.8, 4) is 0 Å². The van der Waals surface area contributed by atoms with Crippen LogP contribution in [0.3, 0.4) is 0 Å². The van der Waals surface area contributed by atoms with Crippen LogP contribution in [0.2, 0.25) is 0 Å². The number of ether oxygens (including phenoxy) is 1. The Bertz CT molecular complexity index is 257. The summed E-state index contributed by atoms with van der Waals surface area (Å²) in [5.41, 5.74) is 0. The monoisotopic (exact) mass is 259 g/mol. The van der Waals surface area contributed by atoms with Crippen LogP contribution in [0.4, 0.5) is 0 Å². The quantitative estimate of drug-likeness (QED) is 0.428. The molecule has 1 fully saturated rings. The van der Waals surface area contributed by atoms with Crippen molar-refractivity contribution >= 4 is 23.2 Å². The van der Waals surface area contributed by atoms with Crippen LogP contribution in [0.5, 0.6) is 0 Å². The molecule has 0 radical (unpaired) electrons. The van der Waals surface area contributed by atoms with Crippen LogP contribution in [0.15, 0.2) is 0 Å². The number of amides is 1. The molecule has 0 aliphatic heterocycles. The molecule has 0 saturated heterocycles. The van der Waals surface area contributed by atoms with Crippen molar-refractivity contribution in [2.45, 2.75) is 31.7 Å². The maximum atomic E-state index is 11.3. The molecule has 1 aliphatic carbocycles. The molecule has 1 rings (SSSR count). The molecule has 3 N–H and O–H groups in total. The molecule has 6 heteroatoms. The Hall–Kier alpha value is -0.880. The smallest absolute Gasteiger partial charge is 0.220 e. The molecule has 17 heavy (non-hydrogen) atoms. The van der Waals surface area contributed by atoms with Gasteiger partial charge >= 0.3 is 0 Å². The van der Waals surface area contributed by atoms with Gasteiger partial charge in [-0.3, -0.25) is 4.79 Å². The van der Waals surface area contributed by atoms with Crippen molar-refractivity contribution in [1.82, 2.24) is 16.0 Å². The molecule has 0 unspecified atom stereocenters. The van der Waals surface area contributed by atoms with Crippen molar-refractivity contribution < 1.29 is 9.53 Å². The first-order valence-corrected chi connectivity index (χ1v) is 6.43. The highest BCUT2D eigenvalue weighted by atomic mass is 32.1. The lowest BCUT2D eigenvalue weighted by Gasteiger charge is -2.09. The Balaban J connectivity index is 1.88. The molecule has 0 aromatic rings. The normalized spacial score (nSPS) is 14.2. The van der Waals surface area contributed by atoms with E-state index in [1.807, 2.05) is 0 Å². The fraction of sp³-hybridized carbons (Fsp3) is 0.818. The van der Waals surface area contributed by atoms with Gasteiger partial charge in [0, 0.05) is 32.7 Å². The lowest BCUT2D eigenvalue weighted by Crippen LogP contribution is -2.37. The number of hydrogen-bond acceptors (Lipinski definition) is 3. The molecule has 1 aliphatic rings. The van der Waals surface area contributed by atoms with Gasteiger partial charge in [0.25, 0.3) is 0 Å². The van der Waals surface area contributed by atoms with Crippen LogP contribution in [0.1, 0.15) is 25.7 Å². The van der Waals surface area contributed by atoms with Crippen LogP contribution in [0.25, 0.3) is 0 Å². The van der Waals surface area contributed by atoms with E-state index in [0.717, 1.165) is 25.8 Å².